The molecule has 2 bridgehead atoms. The maximum atomic E-state index is 13.0. The molecule has 0 saturated carbocycles. The summed E-state index contributed by atoms with van der Waals surface area (Å²) in [6.07, 6.45) is 4.29. The Labute approximate surface area is 159 Å². The second kappa shape index (κ2) is 7.05. The number of benzene rings is 1. The first-order valence-corrected chi connectivity index (χ1v) is 10.4. The minimum Gasteiger partial charge on any atom is -0.445 e. The number of carbonyl (C=O) groups is 1. The normalized spacial score (nSPS) is 26.5. The Morgan fingerprint density at radius 2 is 1.85 bits per heavy atom. The van der Waals surface area contributed by atoms with Crippen molar-refractivity contribution in [1.29, 1.82) is 0 Å². The van der Waals surface area contributed by atoms with Crippen LogP contribution in [0, 0.1) is 0 Å². The minimum atomic E-state index is -0.223. The fraction of sp³-hybridized carbons (Fsp3) is 0.476. The van der Waals surface area contributed by atoms with E-state index in [9.17, 15) is 4.79 Å². The molecule has 4 rings (SSSR count). The summed E-state index contributed by atoms with van der Waals surface area (Å²) in [6.45, 7) is 0.549. The van der Waals surface area contributed by atoms with Gasteiger partial charge in [-0.1, -0.05) is 18.2 Å². The lowest BCUT2D eigenvalue weighted by atomic mass is 9.98. The number of anilines is 1. The van der Waals surface area contributed by atoms with Gasteiger partial charge in [0.25, 0.3) is 0 Å². The van der Waals surface area contributed by atoms with Crippen molar-refractivity contribution < 1.29 is 14.0 Å². The number of hydrogen-bond donors (Lipinski definition) is 0. The molecule has 2 aliphatic rings. The van der Waals surface area contributed by atoms with Gasteiger partial charge in [0.2, 0.25) is 0 Å². The minimum absolute atomic E-state index is 0.0415. The lowest BCUT2D eigenvalue weighted by Gasteiger charge is -2.44. The second-order valence-electron chi connectivity index (χ2n) is 8.04. The van der Waals surface area contributed by atoms with E-state index in [2.05, 4.69) is 25.5 Å². The fourth-order valence-electron chi connectivity index (χ4n) is 4.57. The molecule has 138 valence electrons. The van der Waals surface area contributed by atoms with Gasteiger partial charge in [0.05, 0.1) is 32.7 Å². The topological polar surface area (TPSA) is 29.5 Å². The van der Waals surface area contributed by atoms with Gasteiger partial charge in [-0.15, -0.1) is 0 Å². The monoisotopic (exact) mass is 371 g/mol. The van der Waals surface area contributed by atoms with Gasteiger partial charge in [0.15, 0.2) is 0 Å². The number of thiophene rings is 1. The fourth-order valence-corrected chi connectivity index (χ4v) is 5.23. The average molecular weight is 372 g/mol. The van der Waals surface area contributed by atoms with Crippen molar-refractivity contribution in [3.63, 3.8) is 0 Å². The van der Waals surface area contributed by atoms with Crippen LogP contribution in [0.4, 0.5) is 10.5 Å². The molecule has 0 radical (unpaired) electrons. The van der Waals surface area contributed by atoms with E-state index in [0.717, 1.165) is 28.6 Å². The molecule has 0 N–H and O–H groups in total. The van der Waals surface area contributed by atoms with Crippen LogP contribution in [-0.2, 0) is 11.3 Å². The molecule has 3 heterocycles. The molecule has 26 heavy (non-hydrogen) atoms. The first-order valence-electron chi connectivity index (χ1n) is 9.41. The average Bonchev–Trinajstić information content (AvgIpc) is 3.16. The van der Waals surface area contributed by atoms with Crippen LogP contribution in [-0.4, -0.2) is 42.9 Å². The molecule has 1 aromatic heterocycles. The van der Waals surface area contributed by atoms with Crippen molar-refractivity contribution in [2.45, 2.75) is 50.4 Å². The van der Waals surface area contributed by atoms with Crippen LogP contribution in [0.25, 0.3) is 0 Å². The molecule has 5 heteroatoms. The summed E-state index contributed by atoms with van der Waals surface area (Å²) in [5, 5.41) is 4.13. The second-order valence-corrected chi connectivity index (χ2v) is 8.82. The Bertz CT molecular complexity index is 729. The van der Waals surface area contributed by atoms with Crippen LogP contribution in [0.5, 0.6) is 0 Å². The first-order chi connectivity index (χ1) is 12.5. The van der Waals surface area contributed by atoms with E-state index in [1.54, 1.807) is 16.2 Å². The molecule has 2 aliphatic heterocycles. The van der Waals surface area contributed by atoms with Crippen LogP contribution in [0.1, 0.15) is 31.2 Å². The number of carbonyl (C=O) groups excluding carboxylic acids is 1. The number of quaternary nitrogens is 1. The number of ether oxygens (including phenoxy) is 1. The molecule has 1 amide bonds. The molecule has 0 spiro atoms. The van der Waals surface area contributed by atoms with Gasteiger partial charge in [0.1, 0.15) is 6.10 Å². The summed E-state index contributed by atoms with van der Waals surface area (Å²) in [4.78, 5) is 14.8. The van der Waals surface area contributed by atoms with Crippen LogP contribution in [0.2, 0.25) is 0 Å². The van der Waals surface area contributed by atoms with Crippen molar-refractivity contribution in [3.05, 3.63) is 52.7 Å². The highest BCUT2D eigenvalue weighted by molar-refractivity contribution is 7.07. The van der Waals surface area contributed by atoms with Crippen molar-refractivity contribution in [2.24, 2.45) is 0 Å². The summed E-state index contributed by atoms with van der Waals surface area (Å²) in [5.74, 6) is 0. The molecular formula is C21H27N2O2S+. The van der Waals surface area contributed by atoms with Gasteiger partial charge in [-0.25, -0.2) is 4.79 Å². The molecule has 1 unspecified atom stereocenters. The van der Waals surface area contributed by atoms with E-state index in [1.807, 2.05) is 35.7 Å². The predicted molar refractivity (Wildman–Crippen MR) is 105 cm³/mol. The highest BCUT2D eigenvalue weighted by Gasteiger charge is 2.50. The molecule has 1 aromatic carbocycles. The van der Waals surface area contributed by atoms with E-state index in [0.29, 0.717) is 18.6 Å². The zero-order valence-electron chi connectivity index (χ0n) is 15.5. The Morgan fingerprint density at radius 3 is 2.46 bits per heavy atom. The van der Waals surface area contributed by atoms with Crippen molar-refractivity contribution in [1.82, 2.24) is 0 Å². The van der Waals surface area contributed by atoms with E-state index >= 15 is 0 Å². The third-order valence-corrected chi connectivity index (χ3v) is 6.99. The molecule has 4 nitrogen and oxygen atoms in total. The first kappa shape index (κ1) is 17.6. The van der Waals surface area contributed by atoms with Crippen molar-refractivity contribution in [3.8, 4) is 0 Å². The Balaban J connectivity index is 1.48. The summed E-state index contributed by atoms with van der Waals surface area (Å²) in [6, 6.07) is 13.1. The Hall–Kier alpha value is -1.85. The van der Waals surface area contributed by atoms with E-state index in [-0.39, 0.29) is 12.2 Å². The largest absolute Gasteiger partial charge is 0.445 e. The summed E-state index contributed by atoms with van der Waals surface area (Å²) < 4.78 is 7.10. The smallest absolute Gasteiger partial charge is 0.414 e. The third kappa shape index (κ3) is 3.38. The van der Waals surface area contributed by atoms with Gasteiger partial charge < -0.3 is 9.22 Å². The molecule has 2 aromatic rings. The summed E-state index contributed by atoms with van der Waals surface area (Å²) in [5.41, 5.74) is 2.02. The number of nitrogens with zero attached hydrogens (tertiary/aromatic N) is 2. The number of amides is 1. The highest BCUT2D eigenvalue weighted by atomic mass is 32.1. The molecular weight excluding hydrogens is 344 g/mol. The van der Waals surface area contributed by atoms with E-state index in [4.69, 9.17) is 4.74 Å². The standard InChI is InChI=1S/C21H27N2O2S/c1-23(2)18-8-9-19(23)13-20(12-18)25-21(24)22(14-16-10-11-26-15-16)17-6-4-3-5-7-17/h3-7,10-11,15,18-20H,8-9,12-14H2,1-2H3/q+1/t18-,19+,20?. The zero-order chi connectivity index (χ0) is 18.1. The number of hydrogen-bond acceptors (Lipinski definition) is 3. The number of rotatable bonds is 4. The van der Waals surface area contributed by atoms with Crippen molar-refractivity contribution >= 4 is 23.1 Å². The molecule has 2 fully saturated rings. The van der Waals surface area contributed by atoms with E-state index < -0.39 is 0 Å². The Kier molecular flexibility index (Phi) is 4.76. The van der Waals surface area contributed by atoms with Crippen molar-refractivity contribution in [2.75, 3.05) is 19.0 Å². The van der Waals surface area contributed by atoms with Crippen LogP contribution in [0.3, 0.4) is 0 Å². The quantitative estimate of drug-likeness (QED) is 0.732. The molecule has 3 atom stereocenters. The number of piperidine rings is 1. The lowest BCUT2D eigenvalue weighted by Crippen LogP contribution is -2.56. The van der Waals surface area contributed by atoms with Crippen LogP contribution >= 0.6 is 11.3 Å². The highest BCUT2D eigenvalue weighted by Crippen LogP contribution is 2.40. The SMILES string of the molecule is C[N+]1(C)[C@@H]2CC[C@H]1CC(OC(=O)N(Cc1ccsc1)c1ccccc1)C2. The Morgan fingerprint density at radius 1 is 1.15 bits per heavy atom. The van der Waals surface area contributed by atoms with Gasteiger partial charge >= 0.3 is 6.09 Å². The van der Waals surface area contributed by atoms with Gasteiger partial charge in [-0.3, -0.25) is 4.90 Å². The number of fused-ring (bicyclic) bond motifs is 2. The maximum absolute atomic E-state index is 13.0. The maximum Gasteiger partial charge on any atom is 0.414 e. The predicted octanol–water partition coefficient (Wildman–Crippen LogP) is 4.66. The van der Waals surface area contributed by atoms with E-state index in [1.165, 1.54) is 12.8 Å². The van der Waals surface area contributed by atoms with Crippen LogP contribution < -0.4 is 4.90 Å². The zero-order valence-corrected chi connectivity index (χ0v) is 16.3. The lowest BCUT2D eigenvalue weighted by molar-refractivity contribution is -0.931. The third-order valence-electron chi connectivity index (χ3n) is 6.26. The molecule has 2 saturated heterocycles. The van der Waals surface area contributed by atoms with Gasteiger partial charge in [-0.05, 0) is 34.5 Å². The number of para-hydroxylation sites is 1. The van der Waals surface area contributed by atoms with Gasteiger partial charge in [-0.2, -0.15) is 11.3 Å². The van der Waals surface area contributed by atoms with Crippen LogP contribution in [0.15, 0.2) is 47.2 Å². The van der Waals surface area contributed by atoms with Gasteiger partial charge in [0, 0.05) is 31.4 Å². The molecule has 0 aliphatic carbocycles. The summed E-state index contributed by atoms with van der Waals surface area (Å²) >= 11 is 1.65. The summed E-state index contributed by atoms with van der Waals surface area (Å²) in [7, 11) is 4.65.